The van der Waals surface area contributed by atoms with Crippen LogP contribution in [-0.4, -0.2) is 92.3 Å². The molecule has 2 amide bonds. The van der Waals surface area contributed by atoms with Crippen LogP contribution in [0.2, 0.25) is 0 Å². The average Bonchev–Trinajstić information content (AvgIpc) is 2.54. The Morgan fingerprint density at radius 1 is 1.23 bits per heavy atom. The van der Waals surface area contributed by atoms with E-state index >= 15 is 0 Å². The van der Waals surface area contributed by atoms with Crippen molar-refractivity contribution < 1.29 is 9.53 Å². The van der Waals surface area contributed by atoms with Gasteiger partial charge in [-0.2, -0.15) is 0 Å². The Balaban J connectivity index is 1.65. The highest BCUT2D eigenvalue weighted by Crippen LogP contribution is 2.08. The molecule has 0 saturated carbocycles. The third kappa shape index (κ3) is 5.11. The molecule has 6 heteroatoms. The molecule has 1 N–H and O–H groups in total. The summed E-state index contributed by atoms with van der Waals surface area (Å²) in [6.45, 7) is 16.1. The van der Waals surface area contributed by atoms with Gasteiger partial charge in [-0.25, -0.2) is 4.79 Å². The number of nitrogens with one attached hydrogen (secondary N) is 1. The van der Waals surface area contributed by atoms with Crippen molar-refractivity contribution in [1.29, 1.82) is 0 Å². The van der Waals surface area contributed by atoms with Crippen LogP contribution in [0.25, 0.3) is 0 Å². The van der Waals surface area contributed by atoms with Gasteiger partial charge in [0.2, 0.25) is 0 Å². The quantitative estimate of drug-likeness (QED) is 0.811. The molecule has 0 aromatic carbocycles. The third-order valence-electron chi connectivity index (χ3n) is 4.71. The van der Waals surface area contributed by atoms with Crippen LogP contribution in [0.1, 0.15) is 20.8 Å². The Morgan fingerprint density at radius 3 is 2.55 bits per heavy atom. The Hall–Kier alpha value is -0.850. The maximum Gasteiger partial charge on any atom is 0.317 e. The number of rotatable bonds is 5. The zero-order chi connectivity index (χ0) is 15.9. The summed E-state index contributed by atoms with van der Waals surface area (Å²) in [5, 5.41) is 3.09. The summed E-state index contributed by atoms with van der Waals surface area (Å²) in [6.07, 6.45) is 0. The maximum absolute atomic E-state index is 12.2. The number of hydrogen-bond acceptors (Lipinski definition) is 4. The highest BCUT2D eigenvalue weighted by Gasteiger charge is 2.24. The number of piperazine rings is 1. The monoisotopic (exact) mass is 312 g/mol. The van der Waals surface area contributed by atoms with Crippen molar-refractivity contribution in [1.82, 2.24) is 20.0 Å². The number of morpholine rings is 1. The van der Waals surface area contributed by atoms with Crippen LogP contribution in [0.5, 0.6) is 0 Å². The first-order valence-corrected chi connectivity index (χ1v) is 8.67. The molecule has 0 aliphatic carbocycles. The molecule has 2 heterocycles. The van der Waals surface area contributed by atoms with Crippen LogP contribution in [0, 0.1) is 5.92 Å². The van der Waals surface area contributed by atoms with Crippen molar-refractivity contribution in [3.8, 4) is 0 Å². The standard InChI is InChI=1S/C16H32N4O2/c1-4-18-5-7-19(8-6-18)12-14(2)11-17-16(21)20-9-10-22-13-15(20)3/h14-15H,4-13H2,1-3H3,(H,17,21). The first-order chi connectivity index (χ1) is 10.6. The largest absolute Gasteiger partial charge is 0.377 e. The lowest BCUT2D eigenvalue weighted by atomic mass is 10.1. The van der Waals surface area contributed by atoms with Gasteiger partial charge in [0.25, 0.3) is 0 Å². The Bertz CT molecular complexity index is 345. The van der Waals surface area contributed by atoms with E-state index in [9.17, 15) is 4.79 Å². The van der Waals surface area contributed by atoms with Gasteiger partial charge in [-0.3, -0.25) is 0 Å². The average molecular weight is 312 g/mol. The van der Waals surface area contributed by atoms with E-state index in [1.54, 1.807) is 0 Å². The molecule has 128 valence electrons. The smallest absolute Gasteiger partial charge is 0.317 e. The van der Waals surface area contributed by atoms with Crippen molar-refractivity contribution in [3.63, 3.8) is 0 Å². The van der Waals surface area contributed by atoms with Crippen molar-refractivity contribution in [3.05, 3.63) is 0 Å². The molecule has 0 bridgehead atoms. The first kappa shape index (κ1) is 17.5. The molecule has 2 aliphatic heterocycles. The number of carbonyl (C=O) groups excluding carboxylic acids is 1. The highest BCUT2D eigenvalue weighted by molar-refractivity contribution is 5.74. The minimum atomic E-state index is 0.0541. The number of urea groups is 1. The topological polar surface area (TPSA) is 48.0 Å². The van der Waals surface area contributed by atoms with Crippen molar-refractivity contribution in [2.24, 2.45) is 5.92 Å². The molecule has 22 heavy (non-hydrogen) atoms. The van der Waals surface area contributed by atoms with Crippen molar-refractivity contribution >= 4 is 6.03 Å². The van der Waals surface area contributed by atoms with Crippen LogP contribution < -0.4 is 5.32 Å². The molecule has 2 fully saturated rings. The van der Waals surface area contributed by atoms with E-state index in [1.807, 2.05) is 11.8 Å². The number of amides is 2. The number of likely N-dealkylation sites (N-methyl/N-ethyl adjacent to an activating group) is 1. The second-order valence-electron chi connectivity index (χ2n) is 6.64. The molecular weight excluding hydrogens is 280 g/mol. The van der Waals surface area contributed by atoms with Gasteiger partial charge in [0.1, 0.15) is 0 Å². The van der Waals surface area contributed by atoms with E-state index in [-0.39, 0.29) is 12.1 Å². The number of nitrogens with zero attached hydrogens (tertiary/aromatic N) is 3. The van der Waals surface area contributed by atoms with Crippen LogP contribution >= 0.6 is 0 Å². The maximum atomic E-state index is 12.2. The summed E-state index contributed by atoms with van der Waals surface area (Å²) in [7, 11) is 0. The highest BCUT2D eigenvalue weighted by atomic mass is 16.5. The van der Waals surface area contributed by atoms with Crippen LogP contribution in [-0.2, 0) is 4.74 Å². The minimum Gasteiger partial charge on any atom is -0.377 e. The normalized spacial score (nSPS) is 26.0. The molecule has 6 nitrogen and oxygen atoms in total. The summed E-state index contributed by atoms with van der Waals surface area (Å²) in [5.74, 6) is 0.480. The third-order valence-corrected chi connectivity index (χ3v) is 4.71. The lowest BCUT2D eigenvalue weighted by Crippen LogP contribution is -2.52. The molecular formula is C16H32N4O2. The number of carbonyl (C=O) groups is 1. The molecule has 0 aromatic rings. The van der Waals surface area contributed by atoms with Gasteiger partial charge in [-0.05, 0) is 19.4 Å². The van der Waals surface area contributed by atoms with E-state index in [0.29, 0.717) is 25.7 Å². The van der Waals surface area contributed by atoms with E-state index < -0.39 is 0 Å². The Kier molecular flexibility index (Phi) is 6.92. The summed E-state index contributed by atoms with van der Waals surface area (Å²) < 4.78 is 5.37. The van der Waals surface area contributed by atoms with Gasteiger partial charge in [-0.15, -0.1) is 0 Å². The zero-order valence-corrected chi connectivity index (χ0v) is 14.4. The van der Waals surface area contributed by atoms with Crippen LogP contribution in [0.4, 0.5) is 4.79 Å². The molecule has 2 unspecified atom stereocenters. The fourth-order valence-electron chi connectivity index (χ4n) is 3.19. The lowest BCUT2D eigenvalue weighted by molar-refractivity contribution is 0.0188. The molecule has 2 aliphatic rings. The predicted octanol–water partition coefficient (Wildman–Crippen LogP) is 0.690. The van der Waals surface area contributed by atoms with Crippen molar-refractivity contribution in [2.75, 3.05) is 65.6 Å². The second-order valence-corrected chi connectivity index (χ2v) is 6.64. The summed E-state index contributed by atoms with van der Waals surface area (Å²) in [5.41, 5.74) is 0. The molecule has 0 radical (unpaired) electrons. The summed E-state index contributed by atoms with van der Waals surface area (Å²) >= 11 is 0. The van der Waals surface area contributed by atoms with Gasteiger partial charge in [-0.1, -0.05) is 13.8 Å². The lowest BCUT2D eigenvalue weighted by Gasteiger charge is -2.36. The minimum absolute atomic E-state index is 0.0541. The molecule has 2 rings (SSSR count). The Morgan fingerprint density at radius 2 is 1.91 bits per heavy atom. The van der Waals surface area contributed by atoms with E-state index in [4.69, 9.17) is 4.74 Å². The zero-order valence-electron chi connectivity index (χ0n) is 14.4. The summed E-state index contributed by atoms with van der Waals surface area (Å²) in [6, 6.07) is 0.227. The fraction of sp³-hybridized carbons (Fsp3) is 0.938. The summed E-state index contributed by atoms with van der Waals surface area (Å²) in [4.78, 5) is 19.1. The van der Waals surface area contributed by atoms with E-state index in [0.717, 1.165) is 32.7 Å². The fourth-order valence-corrected chi connectivity index (χ4v) is 3.19. The molecule has 0 aromatic heterocycles. The second kappa shape index (κ2) is 8.70. The molecule has 2 saturated heterocycles. The number of hydrogen-bond donors (Lipinski definition) is 1. The van der Waals surface area contributed by atoms with Gasteiger partial charge < -0.3 is 24.8 Å². The first-order valence-electron chi connectivity index (χ1n) is 8.67. The van der Waals surface area contributed by atoms with Gasteiger partial charge in [0.05, 0.1) is 19.3 Å². The van der Waals surface area contributed by atoms with Gasteiger partial charge in [0, 0.05) is 45.8 Å². The Labute approximate surface area is 134 Å². The molecule has 2 atom stereocenters. The van der Waals surface area contributed by atoms with Crippen LogP contribution in [0.15, 0.2) is 0 Å². The predicted molar refractivity (Wildman–Crippen MR) is 88.1 cm³/mol. The van der Waals surface area contributed by atoms with Crippen LogP contribution in [0.3, 0.4) is 0 Å². The molecule has 0 spiro atoms. The van der Waals surface area contributed by atoms with Gasteiger partial charge >= 0.3 is 6.03 Å². The number of ether oxygens (including phenoxy) is 1. The van der Waals surface area contributed by atoms with Gasteiger partial charge in [0.15, 0.2) is 0 Å². The van der Waals surface area contributed by atoms with Crippen molar-refractivity contribution in [2.45, 2.75) is 26.8 Å². The SMILES string of the molecule is CCN1CCN(CC(C)CNC(=O)N2CCOCC2C)CC1. The van der Waals surface area contributed by atoms with E-state index in [1.165, 1.54) is 13.1 Å². The van der Waals surface area contributed by atoms with E-state index in [2.05, 4.69) is 29.0 Å².